The van der Waals surface area contributed by atoms with Crippen molar-refractivity contribution in [2.75, 3.05) is 13.1 Å². The highest BCUT2D eigenvalue weighted by Gasteiger charge is 2.28. The van der Waals surface area contributed by atoms with E-state index in [1.54, 1.807) is 23.9 Å². The smallest absolute Gasteiger partial charge is 0.228 e. The maximum Gasteiger partial charge on any atom is 0.228 e. The van der Waals surface area contributed by atoms with Crippen LogP contribution in [0.5, 0.6) is 0 Å². The van der Waals surface area contributed by atoms with Gasteiger partial charge in [-0.2, -0.15) is 0 Å². The molecular formula is C15H20N4O2S. The first kappa shape index (κ1) is 15.2. The normalized spacial score (nSPS) is 22.5. The van der Waals surface area contributed by atoms with Crippen molar-refractivity contribution in [1.29, 1.82) is 0 Å². The molecule has 3 rings (SSSR count). The summed E-state index contributed by atoms with van der Waals surface area (Å²) in [7, 11) is 0. The van der Waals surface area contributed by atoms with E-state index >= 15 is 0 Å². The number of carbonyl (C=O) groups excluding carboxylic acids is 1. The highest BCUT2D eigenvalue weighted by molar-refractivity contribution is 7.09. The highest BCUT2D eigenvalue weighted by atomic mass is 32.1. The van der Waals surface area contributed by atoms with Crippen LogP contribution in [0.1, 0.15) is 29.6 Å². The summed E-state index contributed by atoms with van der Waals surface area (Å²) in [6.45, 7) is 3.19. The van der Waals surface area contributed by atoms with Crippen LogP contribution < -0.4 is 0 Å². The summed E-state index contributed by atoms with van der Waals surface area (Å²) in [6.07, 6.45) is 6.52. The lowest BCUT2D eigenvalue weighted by Gasteiger charge is -2.21. The Balaban J connectivity index is 1.63. The quantitative estimate of drug-likeness (QED) is 0.928. The molecule has 2 atom stereocenters. The molecule has 22 heavy (non-hydrogen) atoms. The molecule has 0 saturated carbocycles. The molecular weight excluding hydrogens is 300 g/mol. The lowest BCUT2D eigenvalue weighted by Crippen LogP contribution is -2.33. The number of hydrogen-bond acceptors (Lipinski definition) is 5. The fraction of sp³-hybridized carbons (Fsp3) is 0.533. The number of amides is 1. The van der Waals surface area contributed by atoms with Gasteiger partial charge in [0.15, 0.2) is 0 Å². The minimum atomic E-state index is -0.450. The van der Waals surface area contributed by atoms with Gasteiger partial charge in [0, 0.05) is 30.9 Å². The van der Waals surface area contributed by atoms with E-state index < -0.39 is 6.10 Å². The largest absolute Gasteiger partial charge is 0.391 e. The summed E-state index contributed by atoms with van der Waals surface area (Å²) < 4.78 is 1.93. The van der Waals surface area contributed by atoms with Crippen molar-refractivity contribution in [3.05, 3.63) is 34.8 Å². The van der Waals surface area contributed by atoms with Crippen LogP contribution in [0.25, 0.3) is 0 Å². The molecule has 2 aromatic heterocycles. The summed E-state index contributed by atoms with van der Waals surface area (Å²) in [5, 5.41) is 13.2. The summed E-state index contributed by atoms with van der Waals surface area (Å²) in [5.41, 5.74) is 0.837. The summed E-state index contributed by atoms with van der Waals surface area (Å²) in [5.74, 6) is 0.0868. The number of aryl methyl sites for hydroxylation is 1. The second kappa shape index (κ2) is 6.58. The SMILES string of the molecule is Cc1nc(CC(=O)N2CC[C@H](O)[C@@H](n3ccnc3)CC2)cs1. The molecule has 1 saturated heterocycles. The Kier molecular flexibility index (Phi) is 4.54. The molecule has 0 bridgehead atoms. The lowest BCUT2D eigenvalue weighted by atomic mass is 10.1. The summed E-state index contributed by atoms with van der Waals surface area (Å²) >= 11 is 1.56. The molecule has 1 amide bonds. The van der Waals surface area contributed by atoms with E-state index in [0.29, 0.717) is 25.9 Å². The second-order valence-electron chi connectivity index (χ2n) is 5.64. The van der Waals surface area contributed by atoms with E-state index in [9.17, 15) is 9.90 Å². The van der Waals surface area contributed by atoms with Crippen LogP contribution in [0.3, 0.4) is 0 Å². The third-order valence-electron chi connectivity index (χ3n) is 4.09. The van der Waals surface area contributed by atoms with Crippen molar-refractivity contribution >= 4 is 17.2 Å². The molecule has 3 heterocycles. The molecule has 0 radical (unpaired) electrons. The van der Waals surface area contributed by atoms with E-state index in [1.807, 2.05) is 28.0 Å². The molecule has 0 unspecified atom stereocenters. The van der Waals surface area contributed by atoms with Gasteiger partial charge in [-0.25, -0.2) is 9.97 Å². The van der Waals surface area contributed by atoms with Crippen molar-refractivity contribution < 1.29 is 9.90 Å². The van der Waals surface area contributed by atoms with Crippen LogP contribution in [0.2, 0.25) is 0 Å². The number of imidazole rings is 1. The lowest BCUT2D eigenvalue weighted by molar-refractivity contribution is -0.130. The second-order valence-corrected chi connectivity index (χ2v) is 6.70. The van der Waals surface area contributed by atoms with E-state index in [0.717, 1.165) is 17.1 Å². The molecule has 0 aromatic carbocycles. The van der Waals surface area contributed by atoms with Gasteiger partial charge in [0.2, 0.25) is 5.91 Å². The van der Waals surface area contributed by atoms with Gasteiger partial charge in [-0.05, 0) is 19.8 Å². The maximum atomic E-state index is 12.4. The number of carbonyl (C=O) groups is 1. The third-order valence-corrected chi connectivity index (χ3v) is 4.92. The van der Waals surface area contributed by atoms with Crippen LogP contribution >= 0.6 is 11.3 Å². The fourth-order valence-corrected chi connectivity index (χ4v) is 3.50. The molecule has 0 spiro atoms. The fourth-order valence-electron chi connectivity index (χ4n) is 2.89. The minimum absolute atomic E-state index is 0.0122. The van der Waals surface area contributed by atoms with Crippen molar-refractivity contribution in [3.8, 4) is 0 Å². The predicted octanol–water partition coefficient (Wildman–Crippen LogP) is 1.42. The number of likely N-dealkylation sites (tertiary alicyclic amines) is 1. The first-order valence-electron chi connectivity index (χ1n) is 7.48. The van der Waals surface area contributed by atoms with E-state index in [4.69, 9.17) is 0 Å². The van der Waals surface area contributed by atoms with Gasteiger partial charge in [0.05, 0.1) is 35.6 Å². The number of rotatable bonds is 3. The number of hydrogen-bond donors (Lipinski definition) is 1. The number of aliphatic hydroxyl groups excluding tert-OH is 1. The van der Waals surface area contributed by atoms with Crippen LogP contribution in [0, 0.1) is 6.92 Å². The van der Waals surface area contributed by atoms with E-state index in [2.05, 4.69) is 9.97 Å². The Morgan fingerprint density at radius 1 is 1.45 bits per heavy atom. The van der Waals surface area contributed by atoms with Gasteiger partial charge >= 0.3 is 0 Å². The average Bonchev–Trinajstić information content (AvgIpc) is 3.10. The van der Waals surface area contributed by atoms with Crippen LogP contribution in [-0.4, -0.2) is 49.6 Å². The zero-order chi connectivity index (χ0) is 15.5. The van der Waals surface area contributed by atoms with Crippen molar-refractivity contribution in [2.24, 2.45) is 0 Å². The molecule has 1 N–H and O–H groups in total. The number of thiazole rings is 1. The molecule has 1 aliphatic rings. The van der Waals surface area contributed by atoms with Crippen LogP contribution in [-0.2, 0) is 11.2 Å². The number of aliphatic hydroxyl groups is 1. The first-order valence-corrected chi connectivity index (χ1v) is 8.36. The van der Waals surface area contributed by atoms with Gasteiger partial charge in [-0.1, -0.05) is 0 Å². The third kappa shape index (κ3) is 3.36. The maximum absolute atomic E-state index is 12.4. The minimum Gasteiger partial charge on any atom is -0.391 e. The highest BCUT2D eigenvalue weighted by Crippen LogP contribution is 2.23. The predicted molar refractivity (Wildman–Crippen MR) is 83.6 cm³/mol. The topological polar surface area (TPSA) is 71.2 Å². The summed E-state index contributed by atoms with van der Waals surface area (Å²) in [4.78, 5) is 22.6. The number of nitrogens with zero attached hydrogens (tertiary/aromatic N) is 4. The molecule has 0 aliphatic carbocycles. The van der Waals surface area contributed by atoms with Crippen molar-refractivity contribution in [3.63, 3.8) is 0 Å². The molecule has 118 valence electrons. The monoisotopic (exact) mass is 320 g/mol. The zero-order valence-corrected chi connectivity index (χ0v) is 13.4. The molecule has 7 heteroatoms. The Labute approximate surface area is 133 Å². The standard InChI is InChI=1S/C15H20N4O2S/c1-11-17-12(9-22-11)8-15(21)18-5-2-13(14(20)3-6-18)19-7-4-16-10-19/h4,7,9-10,13-14,20H,2-3,5-6,8H2,1H3/t13-,14-/m0/s1. The van der Waals surface area contributed by atoms with Crippen molar-refractivity contribution in [2.45, 2.75) is 38.3 Å². The molecule has 6 nitrogen and oxygen atoms in total. The van der Waals surface area contributed by atoms with Gasteiger partial charge in [-0.3, -0.25) is 4.79 Å². The van der Waals surface area contributed by atoms with Gasteiger partial charge < -0.3 is 14.6 Å². The van der Waals surface area contributed by atoms with Crippen LogP contribution in [0.4, 0.5) is 0 Å². The zero-order valence-electron chi connectivity index (χ0n) is 12.6. The average molecular weight is 320 g/mol. The first-order chi connectivity index (χ1) is 10.6. The Morgan fingerprint density at radius 3 is 2.95 bits per heavy atom. The van der Waals surface area contributed by atoms with Gasteiger partial charge in [-0.15, -0.1) is 11.3 Å². The number of aromatic nitrogens is 3. The molecule has 1 fully saturated rings. The van der Waals surface area contributed by atoms with Gasteiger partial charge in [0.25, 0.3) is 0 Å². The molecule has 2 aromatic rings. The Bertz CT molecular complexity index is 625. The molecule has 1 aliphatic heterocycles. The van der Waals surface area contributed by atoms with Gasteiger partial charge in [0.1, 0.15) is 0 Å². The van der Waals surface area contributed by atoms with Crippen LogP contribution in [0.15, 0.2) is 24.1 Å². The summed E-state index contributed by atoms with van der Waals surface area (Å²) in [6, 6.07) is -0.0122. The van der Waals surface area contributed by atoms with Crippen molar-refractivity contribution in [1.82, 2.24) is 19.4 Å². The van der Waals surface area contributed by atoms with E-state index in [1.165, 1.54) is 0 Å². The Hall–Kier alpha value is -1.73. The Morgan fingerprint density at radius 2 is 2.27 bits per heavy atom. The van der Waals surface area contributed by atoms with E-state index in [-0.39, 0.29) is 11.9 Å².